The molecule has 8 nitrogen and oxygen atoms in total. The number of carbonyl (C=O) groups excluding carboxylic acids is 3. The fourth-order valence-corrected chi connectivity index (χ4v) is 5.92. The van der Waals surface area contributed by atoms with Gasteiger partial charge in [0.2, 0.25) is 0 Å². The van der Waals surface area contributed by atoms with Gasteiger partial charge in [-0.2, -0.15) is 0 Å². The summed E-state index contributed by atoms with van der Waals surface area (Å²) in [6.07, 6.45) is 4.48. The molecule has 0 heterocycles. The van der Waals surface area contributed by atoms with Crippen molar-refractivity contribution in [2.75, 3.05) is 32.2 Å². The minimum atomic E-state index is -0.762. The van der Waals surface area contributed by atoms with Gasteiger partial charge < -0.3 is 25.7 Å². The lowest BCUT2D eigenvalue weighted by Crippen LogP contribution is -2.33. The van der Waals surface area contributed by atoms with Crippen LogP contribution in [0.3, 0.4) is 0 Å². The molecule has 0 fully saturated rings. The Morgan fingerprint density at radius 1 is 1.12 bits per heavy atom. The Morgan fingerprint density at radius 2 is 1.80 bits per heavy atom. The molecule has 1 aliphatic rings. The number of aryl methyl sites for hydroxylation is 1. The van der Waals surface area contributed by atoms with Gasteiger partial charge >= 0.3 is 0 Å². The molecule has 0 radical (unpaired) electrons. The minimum Gasteiger partial charge on any atom is -0.507 e. The van der Waals surface area contributed by atoms with E-state index in [1.807, 2.05) is 37.2 Å². The van der Waals surface area contributed by atoms with Gasteiger partial charge in [0.1, 0.15) is 17.3 Å². The standard InChI is InChI=1S/C32H43NO6.H2O.2H2/c1-5-6-7-21-8-10-23(11-9-21)25-18-28(33(3)4)26-16-22(17-30(38)31(26)32(25)39)15-24(12-13-34)27(19-35)29(37)14-20(2)36;;;/h8-11,18,22,24,27,34-35,39H,5-7,12-17,19H2,1-4H3;1H2;2*1H. The van der Waals surface area contributed by atoms with Crippen LogP contribution in [0.2, 0.25) is 0 Å². The Kier molecular flexibility index (Phi) is 12.5. The number of benzene rings is 2. The van der Waals surface area contributed by atoms with Crippen molar-refractivity contribution in [2.45, 2.75) is 65.2 Å². The van der Waals surface area contributed by atoms with E-state index >= 15 is 0 Å². The summed E-state index contributed by atoms with van der Waals surface area (Å²) in [5, 5.41) is 31.0. The molecule has 3 atom stereocenters. The number of Topliss-reactive ketones (excluding diaryl/α,β-unsaturated/α-hetero) is 3. The van der Waals surface area contributed by atoms with Gasteiger partial charge in [0.05, 0.1) is 18.6 Å². The molecule has 3 unspecified atom stereocenters. The van der Waals surface area contributed by atoms with E-state index in [2.05, 4.69) is 19.1 Å². The van der Waals surface area contributed by atoms with E-state index in [0.717, 1.165) is 36.1 Å². The highest BCUT2D eigenvalue weighted by molar-refractivity contribution is 6.05. The summed E-state index contributed by atoms with van der Waals surface area (Å²) in [4.78, 5) is 39.7. The van der Waals surface area contributed by atoms with Gasteiger partial charge in [-0.25, -0.2) is 0 Å². The maximum Gasteiger partial charge on any atom is 0.167 e. The number of ketones is 3. The van der Waals surface area contributed by atoms with Crippen LogP contribution in [0.15, 0.2) is 30.3 Å². The number of phenolic OH excluding ortho intramolecular Hbond substituents is 1. The Bertz CT molecular complexity index is 1180. The summed E-state index contributed by atoms with van der Waals surface area (Å²) in [6, 6.07) is 10.1. The summed E-state index contributed by atoms with van der Waals surface area (Å²) < 4.78 is 0. The number of unbranched alkanes of at least 4 members (excludes halogenated alkanes) is 1. The molecule has 0 aromatic heterocycles. The Morgan fingerprint density at radius 3 is 2.35 bits per heavy atom. The van der Waals surface area contributed by atoms with Crippen molar-refractivity contribution < 1.29 is 38.0 Å². The van der Waals surface area contributed by atoms with Gasteiger partial charge in [-0.05, 0) is 73.6 Å². The molecule has 0 bridgehead atoms. The lowest BCUT2D eigenvalue weighted by molar-refractivity contribution is -0.131. The van der Waals surface area contributed by atoms with Crippen molar-refractivity contribution in [3.63, 3.8) is 0 Å². The predicted molar refractivity (Wildman–Crippen MR) is 161 cm³/mol. The van der Waals surface area contributed by atoms with Gasteiger partial charge in [0.15, 0.2) is 5.78 Å². The van der Waals surface area contributed by atoms with Crippen molar-refractivity contribution in [2.24, 2.45) is 17.8 Å². The largest absolute Gasteiger partial charge is 0.507 e. The van der Waals surface area contributed by atoms with E-state index < -0.39 is 12.5 Å². The average molecular weight is 560 g/mol. The molecule has 40 heavy (non-hydrogen) atoms. The quantitative estimate of drug-likeness (QED) is 0.290. The van der Waals surface area contributed by atoms with Crippen LogP contribution in [0.5, 0.6) is 5.75 Å². The summed E-state index contributed by atoms with van der Waals surface area (Å²) in [6.45, 7) is 2.94. The van der Waals surface area contributed by atoms with E-state index in [4.69, 9.17) is 0 Å². The highest BCUT2D eigenvalue weighted by Crippen LogP contribution is 2.45. The number of carbonyl (C=O) groups is 3. The first kappa shape index (κ1) is 33.1. The zero-order chi connectivity index (χ0) is 28.7. The molecule has 2 aromatic rings. The fraction of sp³-hybridized carbons (Fsp3) is 0.531. The number of aromatic hydroxyl groups is 1. The van der Waals surface area contributed by atoms with Crippen LogP contribution in [0.1, 0.15) is 76.7 Å². The van der Waals surface area contributed by atoms with Crippen LogP contribution in [-0.4, -0.2) is 65.5 Å². The van der Waals surface area contributed by atoms with Gasteiger partial charge in [0.25, 0.3) is 0 Å². The second-order valence-corrected chi connectivity index (χ2v) is 11.2. The number of phenols is 1. The molecule has 0 amide bonds. The second-order valence-electron chi connectivity index (χ2n) is 11.2. The Hall–Kier alpha value is -3.07. The third kappa shape index (κ3) is 7.77. The van der Waals surface area contributed by atoms with Gasteiger partial charge in [0, 0.05) is 47.1 Å². The summed E-state index contributed by atoms with van der Waals surface area (Å²) in [5.74, 6) is -1.99. The van der Waals surface area contributed by atoms with E-state index in [1.54, 1.807) is 0 Å². The van der Waals surface area contributed by atoms with Gasteiger partial charge in [-0.15, -0.1) is 0 Å². The van der Waals surface area contributed by atoms with Gasteiger partial charge in [-0.3, -0.25) is 14.4 Å². The summed E-state index contributed by atoms with van der Waals surface area (Å²) >= 11 is 0. The molecule has 224 valence electrons. The number of anilines is 1. The predicted octanol–water partition coefficient (Wildman–Crippen LogP) is 4.43. The molecule has 3 rings (SSSR count). The van der Waals surface area contributed by atoms with Crippen molar-refractivity contribution in [1.29, 1.82) is 0 Å². The number of aliphatic hydroxyl groups is 2. The van der Waals surface area contributed by atoms with Crippen molar-refractivity contribution in [3.05, 3.63) is 47.0 Å². The lowest BCUT2D eigenvalue weighted by atomic mass is 9.73. The van der Waals surface area contributed by atoms with E-state index in [9.17, 15) is 29.7 Å². The van der Waals surface area contributed by atoms with Crippen molar-refractivity contribution in [3.8, 4) is 16.9 Å². The first-order valence-electron chi connectivity index (χ1n) is 14.0. The van der Waals surface area contributed by atoms with E-state index in [-0.39, 0.29) is 62.7 Å². The van der Waals surface area contributed by atoms with Crippen molar-refractivity contribution in [1.82, 2.24) is 0 Å². The average Bonchev–Trinajstić information content (AvgIpc) is 2.87. The summed E-state index contributed by atoms with van der Waals surface area (Å²) in [7, 11) is 3.82. The lowest BCUT2D eigenvalue weighted by Gasteiger charge is -2.33. The van der Waals surface area contributed by atoms with Crippen LogP contribution in [0.4, 0.5) is 5.69 Å². The Labute approximate surface area is 240 Å². The second kappa shape index (κ2) is 15.1. The number of nitrogens with zero attached hydrogens (tertiary/aromatic N) is 1. The van der Waals surface area contributed by atoms with Crippen LogP contribution < -0.4 is 4.90 Å². The third-order valence-electron chi connectivity index (χ3n) is 7.93. The maximum absolute atomic E-state index is 13.5. The highest BCUT2D eigenvalue weighted by atomic mass is 16.3. The van der Waals surface area contributed by atoms with Crippen LogP contribution in [0, 0.1) is 17.8 Å². The molecular formula is C32H49NO7. The normalized spacial score (nSPS) is 16.1. The SMILES string of the molecule is CCCCc1ccc(-c2cc(N(C)C)c3c(c2O)C(=O)CC(CC(CCO)C(CO)C(=O)CC(C)=O)C3)cc1.O.[HH].[HH]. The molecule has 0 saturated heterocycles. The summed E-state index contributed by atoms with van der Waals surface area (Å²) in [5.41, 5.74) is 4.71. The van der Waals surface area contributed by atoms with E-state index in [1.165, 1.54) is 12.5 Å². The van der Waals surface area contributed by atoms with Gasteiger partial charge in [-0.1, -0.05) is 37.6 Å². The maximum atomic E-state index is 13.5. The zero-order valence-electron chi connectivity index (χ0n) is 24.2. The molecular weight excluding hydrogens is 510 g/mol. The highest BCUT2D eigenvalue weighted by Gasteiger charge is 2.36. The van der Waals surface area contributed by atoms with Crippen LogP contribution in [0.25, 0.3) is 11.1 Å². The third-order valence-corrected chi connectivity index (χ3v) is 7.93. The topological polar surface area (TPSA) is 147 Å². The Balaban J connectivity index is 0.00000560. The van der Waals surface area contributed by atoms with Crippen molar-refractivity contribution >= 4 is 23.0 Å². The van der Waals surface area contributed by atoms with E-state index in [0.29, 0.717) is 30.4 Å². The molecule has 2 aromatic carbocycles. The molecule has 5 N–H and O–H groups in total. The molecule has 0 saturated carbocycles. The first-order valence-corrected chi connectivity index (χ1v) is 14.0. The first-order chi connectivity index (χ1) is 18.6. The molecule has 1 aliphatic carbocycles. The van der Waals surface area contributed by atoms with Crippen LogP contribution in [-0.2, 0) is 22.4 Å². The molecule has 8 heteroatoms. The number of fused-ring (bicyclic) bond motifs is 1. The smallest absolute Gasteiger partial charge is 0.167 e. The zero-order valence-corrected chi connectivity index (χ0v) is 24.2. The molecule has 0 aliphatic heterocycles. The number of hydrogen-bond acceptors (Lipinski definition) is 7. The fourth-order valence-electron chi connectivity index (χ4n) is 5.92. The number of hydrogen-bond donors (Lipinski definition) is 3. The number of rotatable bonds is 14. The molecule has 0 spiro atoms. The minimum absolute atomic E-state index is 0. The monoisotopic (exact) mass is 559 g/mol. The number of aliphatic hydroxyl groups excluding tert-OH is 2. The van der Waals surface area contributed by atoms with Crippen LogP contribution >= 0.6 is 0 Å².